The van der Waals surface area contributed by atoms with E-state index in [1.165, 1.54) is 6.07 Å². The summed E-state index contributed by atoms with van der Waals surface area (Å²) in [6.07, 6.45) is 0.854. The first-order valence-electron chi connectivity index (χ1n) is 5.59. The van der Waals surface area contributed by atoms with Crippen LogP contribution in [0, 0.1) is 11.7 Å². The summed E-state index contributed by atoms with van der Waals surface area (Å²) in [4.78, 5) is 11.7. The maximum Gasteiger partial charge on any atom is 0.224 e. The molecule has 1 saturated heterocycles. The fourth-order valence-corrected chi connectivity index (χ4v) is 2.29. The molecule has 0 saturated carbocycles. The Bertz CT molecular complexity index is 419. The van der Waals surface area contributed by atoms with Crippen molar-refractivity contribution in [3.63, 3.8) is 0 Å². The van der Waals surface area contributed by atoms with E-state index in [0.29, 0.717) is 12.1 Å². The van der Waals surface area contributed by atoms with Crippen LogP contribution in [-0.2, 0) is 11.3 Å². The number of benzene rings is 1. The minimum absolute atomic E-state index is 0.00521. The van der Waals surface area contributed by atoms with E-state index in [9.17, 15) is 9.18 Å². The van der Waals surface area contributed by atoms with Gasteiger partial charge in [-0.2, -0.15) is 0 Å². The highest BCUT2D eigenvalue weighted by molar-refractivity contribution is 9.10. The van der Waals surface area contributed by atoms with E-state index in [-0.39, 0.29) is 24.2 Å². The summed E-state index contributed by atoms with van der Waals surface area (Å²) in [5, 5.41) is 5.90. The van der Waals surface area contributed by atoms with Gasteiger partial charge in [-0.15, -0.1) is 0 Å². The molecular weight excluding hydrogens is 287 g/mol. The minimum atomic E-state index is -0.293. The van der Waals surface area contributed by atoms with Crippen LogP contribution in [0.1, 0.15) is 12.0 Å². The second kappa shape index (κ2) is 5.60. The first kappa shape index (κ1) is 12.5. The molecule has 1 aromatic rings. The molecule has 1 amide bonds. The number of nitrogens with one attached hydrogen (secondary N) is 2. The van der Waals surface area contributed by atoms with Gasteiger partial charge in [0, 0.05) is 23.1 Å². The molecule has 1 aliphatic rings. The average molecular weight is 301 g/mol. The number of carbonyl (C=O) groups is 1. The van der Waals surface area contributed by atoms with Crippen LogP contribution in [0.5, 0.6) is 0 Å². The molecule has 1 unspecified atom stereocenters. The Morgan fingerprint density at radius 3 is 3.12 bits per heavy atom. The van der Waals surface area contributed by atoms with E-state index in [4.69, 9.17) is 0 Å². The van der Waals surface area contributed by atoms with Gasteiger partial charge in [0.25, 0.3) is 0 Å². The van der Waals surface area contributed by atoms with Crippen LogP contribution in [0.15, 0.2) is 22.7 Å². The molecule has 0 bridgehead atoms. The Balaban J connectivity index is 1.92. The van der Waals surface area contributed by atoms with Crippen LogP contribution in [-0.4, -0.2) is 19.0 Å². The van der Waals surface area contributed by atoms with Crippen molar-refractivity contribution < 1.29 is 9.18 Å². The van der Waals surface area contributed by atoms with Crippen molar-refractivity contribution in [2.24, 2.45) is 5.92 Å². The summed E-state index contributed by atoms with van der Waals surface area (Å²) in [6, 6.07) is 4.72. The van der Waals surface area contributed by atoms with E-state index >= 15 is 0 Å². The van der Waals surface area contributed by atoms with Gasteiger partial charge in [0.05, 0.1) is 5.92 Å². The van der Waals surface area contributed by atoms with Gasteiger partial charge in [-0.05, 0) is 31.2 Å². The van der Waals surface area contributed by atoms with E-state index in [2.05, 4.69) is 26.6 Å². The predicted molar refractivity (Wildman–Crippen MR) is 66.9 cm³/mol. The van der Waals surface area contributed by atoms with Gasteiger partial charge in [-0.3, -0.25) is 4.79 Å². The third kappa shape index (κ3) is 3.26. The molecule has 2 rings (SSSR count). The molecule has 1 aliphatic heterocycles. The number of amides is 1. The van der Waals surface area contributed by atoms with E-state index < -0.39 is 0 Å². The normalized spacial score (nSPS) is 19.3. The van der Waals surface area contributed by atoms with Crippen molar-refractivity contribution in [2.45, 2.75) is 13.0 Å². The average Bonchev–Trinajstić information content (AvgIpc) is 2.83. The highest BCUT2D eigenvalue weighted by Gasteiger charge is 2.22. The maximum atomic E-state index is 13.4. The summed E-state index contributed by atoms with van der Waals surface area (Å²) >= 11 is 3.28. The molecule has 0 radical (unpaired) electrons. The lowest BCUT2D eigenvalue weighted by molar-refractivity contribution is -0.124. The number of halogens is 2. The van der Waals surface area contributed by atoms with Gasteiger partial charge >= 0.3 is 0 Å². The molecule has 0 aromatic heterocycles. The van der Waals surface area contributed by atoms with Gasteiger partial charge in [0.15, 0.2) is 0 Å². The molecule has 92 valence electrons. The quantitative estimate of drug-likeness (QED) is 0.894. The lowest BCUT2D eigenvalue weighted by atomic mass is 10.1. The number of carbonyl (C=O) groups excluding carboxylic acids is 1. The van der Waals surface area contributed by atoms with Gasteiger partial charge in [0.1, 0.15) is 5.82 Å². The van der Waals surface area contributed by atoms with Crippen molar-refractivity contribution >= 4 is 21.8 Å². The standard InChI is InChI=1S/C12H14BrFN2O/c13-10-1-2-11(14)9(5-10)7-16-12(17)8-3-4-15-6-8/h1-2,5,8,15H,3-4,6-7H2,(H,16,17). The summed E-state index contributed by atoms with van der Waals surface area (Å²) in [5.41, 5.74) is 0.499. The molecule has 1 heterocycles. The van der Waals surface area contributed by atoms with Gasteiger partial charge in [-0.25, -0.2) is 4.39 Å². The minimum Gasteiger partial charge on any atom is -0.352 e. The molecule has 2 N–H and O–H groups in total. The highest BCUT2D eigenvalue weighted by atomic mass is 79.9. The van der Waals surface area contributed by atoms with Crippen LogP contribution in [0.2, 0.25) is 0 Å². The summed E-state index contributed by atoms with van der Waals surface area (Å²) in [5.74, 6) is -0.280. The predicted octanol–water partition coefficient (Wildman–Crippen LogP) is 1.81. The first-order valence-corrected chi connectivity index (χ1v) is 6.38. The Morgan fingerprint density at radius 1 is 1.59 bits per heavy atom. The van der Waals surface area contributed by atoms with Crippen LogP contribution < -0.4 is 10.6 Å². The van der Waals surface area contributed by atoms with Crippen molar-refractivity contribution in [2.75, 3.05) is 13.1 Å². The number of rotatable bonds is 3. The fraction of sp³-hybridized carbons (Fsp3) is 0.417. The molecule has 1 fully saturated rings. The van der Waals surface area contributed by atoms with Crippen LogP contribution in [0.3, 0.4) is 0 Å². The zero-order valence-corrected chi connectivity index (χ0v) is 10.9. The molecule has 5 heteroatoms. The SMILES string of the molecule is O=C(NCc1cc(Br)ccc1F)C1CCNC1. The Labute approximate surface area is 108 Å². The maximum absolute atomic E-state index is 13.4. The summed E-state index contributed by atoms with van der Waals surface area (Å²) < 4.78 is 14.2. The van der Waals surface area contributed by atoms with Crippen molar-refractivity contribution in [3.8, 4) is 0 Å². The van der Waals surface area contributed by atoms with Crippen LogP contribution in [0.25, 0.3) is 0 Å². The van der Waals surface area contributed by atoms with Crippen molar-refractivity contribution in [1.29, 1.82) is 0 Å². The zero-order valence-electron chi connectivity index (χ0n) is 9.30. The van der Waals surface area contributed by atoms with Crippen LogP contribution >= 0.6 is 15.9 Å². The molecule has 1 aromatic carbocycles. The second-order valence-corrected chi connectivity index (χ2v) is 5.06. The second-order valence-electron chi connectivity index (χ2n) is 4.14. The number of hydrogen-bond acceptors (Lipinski definition) is 2. The van der Waals surface area contributed by atoms with Gasteiger partial charge in [-0.1, -0.05) is 15.9 Å². The third-order valence-corrected chi connectivity index (χ3v) is 3.39. The van der Waals surface area contributed by atoms with Crippen molar-refractivity contribution in [1.82, 2.24) is 10.6 Å². The lowest BCUT2D eigenvalue weighted by Gasteiger charge is -2.10. The Kier molecular flexibility index (Phi) is 4.12. The Morgan fingerprint density at radius 2 is 2.41 bits per heavy atom. The molecule has 0 spiro atoms. The van der Waals surface area contributed by atoms with Gasteiger partial charge in [0.2, 0.25) is 5.91 Å². The zero-order chi connectivity index (χ0) is 12.3. The van der Waals surface area contributed by atoms with Crippen molar-refractivity contribution in [3.05, 3.63) is 34.1 Å². The molecule has 3 nitrogen and oxygen atoms in total. The highest BCUT2D eigenvalue weighted by Crippen LogP contribution is 2.15. The third-order valence-electron chi connectivity index (χ3n) is 2.89. The summed E-state index contributed by atoms with van der Waals surface area (Å²) in [6.45, 7) is 1.83. The van der Waals surface area contributed by atoms with E-state index in [0.717, 1.165) is 17.4 Å². The van der Waals surface area contributed by atoms with Crippen LogP contribution in [0.4, 0.5) is 4.39 Å². The molecule has 0 aliphatic carbocycles. The molecule has 1 atom stereocenters. The van der Waals surface area contributed by atoms with E-state index in [1.807, 2.05) is 0 Å². The largest absolute Gasteiger partial charge is 0.352 e. The fourth-order valence-electron chi connectivity index (χ4n) is 1.88. The van der Waals surface area contributed by atoms with Gasteiger partial charge < -0.3 is 10.6 Å². The lowest BCUT2D eigenvalue weighted by Crippen LogP contribution is -2.31. The monoisotopic (exact) mass is 300 g/mol. The molecular formula is C12H14BrFN2O. The molecule has 17 heavy (non-hydrogen) atoms. The van der Waals surface area contributed by atoms with E-state index in [1.54, 1.807) is 12.1 Å². The first-order chi connectivity index (χ1) is 8.16. The number of hydrogen-bond donors (Lipinski definition) is 2. The Hall–Kier alpha value is -0.940. The summed E-state index contributed by atoms with van der Waals surface area (Å²) in [7, 11) is 0. The topological polar surface area (TPSA) is 41.1 Å². The smallest absolute Gasteiger partial charge is 0.224 e.